The van der Waals surface area contributed by atoms with Crippen molar-refractivity contribution in [2.75, 3.05) is 10.6 Å². The Kier molecular flexibility index (Phi) is 3.64. The third-order valence-electron chi connectivity index (χ3n) is 4.92. The number of carbonyl (C=O) groups excluding carboxylic acids is 1. The van der Waals surface area contributed by atoms with Crippen LogP contribution in [0.2, 0.25) is 0 Å². The number of anilines is 2. The first-order valence-electron chi connectivity index (χ1n) is 8.57. The standard InChI is InChI=1S/C21H21FN2O/c1-21(2)11-17-19(18(25)12-21)20(13-7-9-14(22)10-8-13)24-16-6-4-3-5-15(16)23-17/h3-10,20,23-24H,11-12H2,1-2H3/t20-/m1/s1. The maximum absolute atomic E-state index is 13.4. The Morgan fingerprint density at radius 2 is 1.68 bits per heavy atom. The average molecular weight is 336 g/mol. The summed E-state index contributed by atoms with van der Waals surface area (Å²) in [5, 5.41) is 6.97. The molecule has 1 atom stereocenters. The molecular formula is C21H21FN2O. The minimum absolute atomic E-state index is 0.0739. The lowest BCUT2D eigenvalue weighted by Crippen LogP contribution is -2.31. The predicted octanol–water partition coefficient (Wildman–Crippen LogP) is 5.05. The third-order valence-corrected chi connectivity index (χ3v) is 4.92. The number of rotatable bonds is 1. The van der Waals surface area contributed by atoms with E-state index in [1.165, 1.54) is 12.1 Å². The van der Waals surface area contributed by atoms with E-state index in [0.29, 0.717) is 6.42 Å². The summed E-state index contributed by atoms with van der Waals surface area (Å²) in [7, 11) is 0. The zero-order valence-electron chi connectivity index (χ0n) is 14.4. The molecule has 0 aromatic heterocycles. The van der Waals surface area contributed by atoms with Crippen LogP contribution in [0.15, 0.2) is 59.8 Å². The molecule has 2 aromatic rings. The van der Waals surface area contributed by atoms with Crippen LogP contribution in [0.4, 0.5) is 15.8 Å². The number of fused-ring (bicyclic) bond motifs is 1. The van der Waals surface area contributed by atoms with Gasteiger partial charge in [0.2, 0.25) is 0 Å². The van der Waals surface area contributed by atoms with Crippen LogP contribution in [0, 0.1) is 11.2 Å². The number of allylic oxidation sites excluding steroid dienone is 1. The van der Waals surface area contributed by atoms with E-state index < -0.39 is 0 Å². The number of benzene rings is 2. The highest BCUT2D eigenvalue weighted by Crippen LogP contribution is 2.45. The molecule has 0 unspecified atom stereocenters. The first-order valence-corrected chi connectivity index (χ1v) is 8.57. The number of Topliss-reactive ketones (excluding diaryl/α,β-unsaturated/α-hetero) is 1. The second-order valence-electron chi connectivity index (χ2n) is 7.63. The normalized spacial score (nSPS) is 21.6. The summed E-state index contributed by atoms with van der Waals surface area (Å²) in [5.41, 5.74) is 4.45. The molecule has 2 aliphatic rings. The van der Waals surface area contributed by atoms with Gasteiger partial charge in [-0.1, -0.05) is 38.1 Å². The first kappa shape index (κ1) is 15.9. The molecule has 3 nitrogen and oxygen atoms in total. The van der Waals surface area contributed by atoms with Crippen LogP contribution in [-0.2, 0) is 4.79 Å². The number of hydrogen-bond donors (Lipinski definition) is 2. The summed E-state index contributed by atoms with van der Waals surface area (Å²) in [6, 6.07) is 14.0. The minimum Gasteiger partial charge on any atom is -0.372 e. The highest BCUT2D eigenvalue weighted by Gasteiger charge is 2.38. The van der Waals surface area contributed by atoms with E-state index in [2.05, 4.69) is 24.5 Å². The lowest BCUT2D eigenvalue weighted by atomic mass is 9.73. The fourth-order valence-electron chi connectivity index (χ4n) is 3.79. The van der Waals surface area contributed by atoms with Gasteiger partial charge in [-0.25, -0.2) is 4.39 Å². The quantitative estimate of drug-likeness (QED) is 0.766. The molecule has 1 aliphatic heterocycles. The summed E-state index contributed by atoms with van der Waals surface area (Å²) in [6.45, 7) is 4.24. The maximum Gasteiger partial charge on any atom is 0.163 e. The number of halogens is 1. The molecule has 0 saturated heterocycles. The Morgan fingerprint density at radius 1 is 1.00 bits per heavy atom. The molecule has 0 spiro atoms. The second-order valence-corrected chi connectivity index (χ2v) is 7.63. The third kappa shape index (κ3) is 2.93. The van der Waals surface area contributed by atoms with Gasteiger partial charge >= 0.3 is 0 Å². The van der Waals surface area contributed by atoms with Gasteiger partial charge in [-0.2, -0.15) is 0 Å². The number of para-hydroxylation sites is 2. The van der Waals surface area contributed by atoms with Crippen LogP contribution in [0.5, 0.6) is 0 Å². The Bertz CT molecular complexity index is 868. The Balaban J connectivity index is 1.88. The van der Waals surface area contributed by atoms with Crippen LogP contribution in [-0.4, -0.2) is 5.78 Å². The Hall–Kier alpha value is -2.62. The van der Waals surface area contributed by atoms with Crippen LogP contribution in [0.3, 0.4) is 0 Å². The molecule has 1 heterocycles. The molecule has 128 valence electrons. The Morgan fingerprint density at radius 3 is 2.40 bits per heavy atom. The van der Waals surface area contributed by atoms with Gasteiger partial charge in [0.15, 0.2) is 5.78 Å². The molecule has 0 radical (unpaired) electrons. The molecule has 0 fully saturated rings. The van der Waals surface area contributed by atoms with Crippen molar-refractivity contribution < 1.29 is 9.18 Å². The van der Waals surface area contributed by atoms with Gasteiger partial charge in [-0.05, 0) is 41.7 Å². The van der Waals surface area contributed by atoms with Crippen molar-refractivity contribution in [1.29, 1.82) is 0 Å². The highest BCUT2D eigenvalue weighted by atomic mass is 19.1. The van der Waals surface area contributed by atoms with Gasteiger partial charge in [0.1, 0.15) is 5.82 Å². The van der Waals surface area contributed by atoms with E-state index in [1.54, 1.807) is 12.1 Å². The van der Waals surface area contributed by atoms with Gasteiger partial charge in [-0.3, -0.25) is 4.79 Å². The van der Waals surface area contributed by atoms with Crippen molar-refractivity contribution in [1.82, 2.24) is 0 Å². The van der Waals surface area contributed by atoms with Crippen molar-refractivity contribution in [3.63, 3.8) is 0 Å². The van der Waals surface area contributed by atoms with E-state index in [0.717, 1.165) is 34.6 Å². The summed E-state index contributed by atoms with van der Waals surface area (Å²) in [4.78, 5) is 13.0. The van der Waals surface area contributed by atoms with Crippen LogP contribution < -0.4 is 10.6 Å². The summed E-state index contributed by atoms with van der Waals surface area (Å²) < 4.78 is 13.4. The lowest BCUT2D eigenvalue weighted by molar-refractivity contribution is -0.118. The minimum atomic E-state index is -0.282. The van der Waals surface area contributed by atoms with E-state index in [4.69, 9.17) is 0 Å². The van der Waals surface area contributed by atoms with Gasteiger partial charge < -0.3 is 10.6 Å². The van der Waals surface area contributed by atoms with Crippen molar-refractivity contribution in [3.8, 4) is 0 Å². The molecule has 1 aliphatic carbocycles. The Labute approximate surface area is 146 Å². The summed E-state index contributed by atoms with van der Waals surface area (Å²) in [6.07, 6.45) is 1.32. The second kappa shape index (κ2) is 5.73. The fourth-order valence-corrected chi connectivity index (χ4v) is 3.79. The molecule has 0 amide bonds. The van der Waals surface area contributed by atoms with E-state index in [9.17, 15) is 9.18 Å². The van der Waals surface area contributed by atoms with Gasteiger partial charge in [0.05, 0.1) is 17.4 Å². The molecule has 25 heavy (non-hydrogen) atoms. The fraction of sp³-hybridized carbons (Fsp3) is 0.286. The SMILES string of the molecule is CC1(C)CC(=O)C2=C(C1)Nc1ccccc1N[C@@H]2c1ccc(F)cc1. The molecule has 2 N–H and O–H groups in total. The summed E-state index contributed by atoms with van der Waals surface area (Å²) >= 11 is 0. The van der Waals surface area contributed by atoms with E-state index in [1.807, 2.05) is 24.3 Å². The highest BCUT2D eigenvalue weighted by molar-refractivity contribution is 6.01. The number of nitrogens with one attached hydrogen (secondary N) is 2. The first-order chi connectivity index (χ1) is 11.9. The van der Waals surface area contributed by atoms with Gasteiger partial charge in [0, 0.05) is 17.7 Å². The van der Waals surface area contributed by atoms with E-state index in [-0.39, 0.29) is 23.1 Å². The molecule has 0 bridgehead atoms. The van der Waals surface area contributed by atoms with E-state index >= 15 is 0 Å². The molecular weight excluding hydrogens is 315 g/mol. The lowest BCUT2D eigenvalue weighted by Gasteiger charge is -2.34. The number of carbonyl (C=O) groups is 1. The number of hydrogen-bond acceptors (Lipinski definition) is 3. The van der Waals surface area contributed by atoms with Crippen molar-refractivity contribution in [3.05, 3.63) is 71.2 Å². The maximum atomic E-state index is 13.4. The monoisotopic (exact) mass is 336 g/mol. The van der Waals surface area contributed by atoms with Crippen LogP contribution in [0.1, 0.15) is 38.3 Å². The molecule has 4 heteroatoms. The molecule has 4 rings (SSSR count). The molecule has 0 saturated carbocycles. The van der Waals surface area contributed by atoms with Gasteiger partial charge in [0.25, 0.3) is 0 Å². The molecule has 2 aromatic carbocycles. The zero-order chi connectivity index (χ0) is 17.6. The average Bonchev–Trinajstić information content (AvgIpc) is 2.70. The van der Waals surface area contributed by atoms with Crippen molar-refractivity contribution in [2.24, 2.45) is 5.41 Å². The van der Waals surface area contributed by atoms with Crippen molar-refractivity contribution >= 4 is 17.2 Å². The van der Waals surface area contributed by atoms with Gasteiger partial charge in [-0.15, -0.1) is 0 Å². The van der Waals surface area contributed by atoms with Crippen LogP contribution in [0.25, 0.3) is 0 Å². The zero-order valence-corrected chi connectivity index (χ0v) is 14.4. The topological polar surface area (TPSA) is 41.1 Å². The smallest absolute Gasteiger partial charge is 0.163 e. The van der Waals surface area contributed by atoms with Crippen LogP contribution >= 0.6 is 0 Å². The largest absolute Gasteiger partial charge is 0.372 e. The van der Waals surface area contributed by atoms with Crippen molar-refractivity contribution in [2.45, 2.75) is 32.7 Å². The summed E-state index contributed by atoms with van der Waals surface area (Å²) in [5.74, 6) is -0.130. The predicted molar refractivity (Wildman–Crippen MR) is 97.9 cm³/mol. The number of ketones is 1.